The maximum absolute atomic E-state index is 12.4. The van der Waals surface area contributed by atoms with Crippen LogP contribution in [0.4, 0.5) is 4.79 Å². The molecule has 0 saturated carbocycles. The number of fused-ring (bicyclic) bond motifs is 2. The number of rotatable bonds is 1. The highest BCUT2D eigenvalue weighted by atomic mass is 16.5. The van der Waals surface area contributed by atoms with Gasteiger partial charge in [0.2, 0.25) is 11.8 Å². The van der Waals surface area contributed by atoms with Crippen LogP contribution in [0.5, 0.6) is 11.6 Å². The number of urea groups is 1. The van der Waals surface area contributed by atoms with Crippen LogP contribution < -0.4 is 26.6 Å². The van der Waals surface area contributed by atoms with E-state index in [-0.39, 0.29) is 5.56 Å². The van der Waals surface area contributed by atoms with E-state index in [0.29, 0.717) is 11.3 Å². The number of nitrogens with one attached hydrogen (secondary N) is 4. The van der Waals surface area contributed by atoms with Crippen molar-refractivity contribution in [3.05, 3.63) is 56.2 Å². The molecule has 5 N–H and O–H groups in total. The number of amides is 3. The Balaban J connectivity index is 1.98. The molecule has 0 unspecified atom stereocenters. The maximum atomic E-state index is 12.4. The first-order valence-electron chi connectivity index (χ1n) is 7.38. The molecule has 1 aromatic carbocycles. The molecule has 2 aliphatic rings. The summed E-state index contributed by atoms with van der Waals surface area (Å²) in [4.78, 5) is 51.8. The maximum Gasteiger partial charge on any atom is 0.328 e. The number of para-hydroxylation sites is 1. The van der Waals surface area contributed by atoms with Crippen LogP contribution in [0.15, 0.2) is 33.9 Å². The van der Waals surface area contributed by atoms with Gasteiger partial charge in [-0.25, -0.2) is 9.59 Å². The van der Waals surface area contributed by atoms with Gasteiger partial charge in [-0.3, -0.25) is 24.9 Å². The van der Waals surface area contributed by atoms with Crippen LogP contribution in [0.2, 0.25) is 0 Å². The van der Waals surface area contributed by atoms with Gasteiger partial charge in [-0.2, -0.15) is 0 Å². The number of hydrogen-bond donors (Lipinski definition) is 5. The summed E-state index contributed by atoms with van der Waals surface area (Å²) in [5.41, 5.74) is -1.41. The zero-order chi connectivity index (χ0) is 17.7. The molecule has 3 heterocycles. The largest absolute Gasteiger partial charge is 0.494 e. The highest BCUT2D eigenvalue weighted by Crippen LogP contribution is 2.44. The van der Waals surface area contributed by atoms with Gasteiger partial charge in [0.05, 0.1) is 5.56 Å². The summed E-state index contributed by atoms with van der Waals surface area (Å²) in [5.74, 6) is -2.88. The van der Waals surface area contributed by atoms with Gasteiger partial charge in [-0.15, -0.1) is 0 Å². The molecule has 1 aromatic heterocycles. The number of ether oxygens (including phenoxy) is 1. The van der Waals surface area contributed by atoms with Crippen LogP contribution in [0, 0.1) is 5.92 Å². The first-order valence-corrected chi connectivity index (χ1v) is 7.38. The first-order chi connectivity index (χ1) is 12.0. The monoisotopic (exact) mass is 344 g/mol. The number of aromatic nitrogens is 2. The minimum absolute atomic E-state index is 0.184. The second-order valence-corrected chi connectivity index (χ2v) is 5.71. The molecule has 0 aliphatic carbocycles. The number of aromatic amines is 2. The van der Waals surface area contributed by atoms with Crippen LogP contribution in [-0.4, -0.2) is 33.2 Å². The van der Waals surface area contributed by atoms with Gasteiger partial charge >= 0.3 is 11.7 Å². The average Bonchev–Trinajstić information content (AvgIpc) is 2.52. The lowest BCUT2D eigenvalue weighted by Gasteiger charge is -2.40. The number of H-pyrrole nitrogens is 2. The Bertz CT molecular complexity index is 1010. The number of carbonyl (C=O) groups excluding carboxylic acids is 2. The SMILES string of the molecule is O=C1NC(=O)[C@@H]2[C@H](c3c(O)[nH]c(=O)[nH]c3=O)c3ccccc3O[C@H]2N1. The molecule has 2 aromatic rings. The van der Waals surface area contributed by atoms with E-state index in [1.807, 2.05) is 4.98 Å². The second kappa shape index (κ2) is 5.23. The van der Waals surface area contributed by atoms with E-state index in [4.69, 9.17) is 4.74 Å². The molecule has 0 radical (unpaired) electrons. The third-order valence-electron chi connectivity index (χ3n) is 4.28. The third-order valence-corrected chi connectivity index (χ3v) is 4.28. The summed E-state index contributed by atoms with van der Waals surface area (Å²) in [6.45, 7) is 0. The van der Waals surface area contributed by atoms with Crippen LogP contribution >= 0.6 is 0 Å². The standard InChI is InChI=1S/C15H12N4O6/c20-10-8(11(21)17-14(23)16-10)7-5-3-1-2-4-6(5)25-13-9(7)12(22)18-15(24)19-13/h1-4,7,9,13H,(H2,18,19,22,24)(H3,16,17,20,21,23)/t7-,9-,13+/m0/s1. The van der Waals surface area contributed by atoms with Crippen molar-refractivity contribution in [2.75, 3.05) is 0 Å². The first kappa shape index (κ1) is 15.0. The Labute approximate surface area is 138 Å². The average molecular weight is 344 g/mol. The van der Waals surface area contributed by atoms with E-state index in [2.05, 4.69) is 15.6 Å². The van der Waals surface area contributed by atoms with E-state index in [1.54, 1.807) is 24.3 Å². The lowest BCUT2D eigenvalue weighted by Crippen LogP contribution is -2.63. The molecular formula is C15H12N4O6. The van der Waals surface area contributed by atoms with Gasteiger partial charge in [-0.05, 0) is 6.07 Å². The fraction of sp³-hybridized carbons (Fsp3) is 0.200. The molecule has 10 nitrogen and oxygen atoms in total. The Kier molecular flexibility index (Phi) is 3.14. The number of aromatic hydroxyl groups is 1. The molecule has 3 atom stereocenters. The minimum Gasteiger partial charge on any atom is -0.494 e. The molecule has 1 fully saturated rings. The molecule has 2 aliphatic heterocycles. The van der Waals surface area contributed by atoms with E-state index in [1.165, 1.54) is 0 Å². The Morgan fingerprint density at radius 1 is 1.04 bits per heavy atom. The predicted molar refractivity (Wildman–Crippen MR) is 82.2 cm³/mol. The Morgan fingerprint density at radius 3 is 2.56 bits per heavy atom. The second-order valence-electron chi connectivity index (χ2n) is 5.71. The van der Waals surface area contributed by atoms with E-state index < -0.39 is 47.1 Å². The summed E-state index contributed by atoms with van der Waals surface area (Å²) in [6, 6.07) is 5.92. The zero-order valence-electron chi connectivity index (χ0n) is 12.5. The van der Waals surface area contributed by atoms with Crippen molar-refractivity contribution < 1.29 is 19.4 Å². The summed E-state index contributed by atoms with van der Waals surface area (Å²) in [6.07, 6.45) is -1.02. The number of imide groups is 1. The fourth-order valence-corrected chi connectivity index (χ4v) is 3.30. The molecular weight excluding hydrogens is 332 g/mol. The Hall–Kier alpha value is -3.56. The highest BCUT2D eigenvalue weighted by Gasteiger charge is 2.49. The predicted octanol–water partition coefficient (Wildman–Crippen LogP) is -0.925. The molecule has 3 amide bonds. The fourth-order valence-electron chi connectivity index (χ4n) is 3.30. The van der Waals surface area contributed by atoms with Crippen LogP contribution in [0.25, 0.3) is 0 Å². The smallest absolute Gasteiger partial charge is 0.328 e. The lowest BCUT2D eigenvalue weighted by molar-refractivity contribution is -0.130. The molecule has 0 bridgehead atoms. The third kappa shape index (κ3) is 2.26. The van der Waals surface area contributed by atoms with Crippen molar-refractivity contribution in [2.45, 2.75) is 12.1 Å². The lowest BCUT2D eigenvalue weighted by atomic mass is 9.77. The van der Waals surface area contributed by atoms with Gasteiger partial charge in [-0.1, -0.05) is 18.2 Å². The molecule has 4 rings (SSSR count). The normalized spacial score (nSPS) is 24.4. The van der Waals surface area contributed by atoms with Gasteiger partial charge < -0.3 is 15.2 Å². The summed E-state index contributed by atoms with van der Waals surface area (Å²) in [5, 5.41) is 14.7. The van der Waals surface area contributed by atoms with Gasteiger partial charge in [0.25, 0.3) is 5.56 Å². The molecule has 1 saturated heterocycles. The van der Waals surface area contributed by atoms with E-state index in [9.17, 15) is 24.3 Å². The number of benzene rings is 1. The van der Waals surface area contributed by atoms with Crippen molar-refractivity contribution >= 4 is 11.9 Å². The van der Waals surface area contributed by atoms with Crippen molar-refractivity contribution in [2.24, 2.45) is 5.92 Å². The van der Waals surface area contributed by atoms with Gasteiger partial charge in [0.1, 0.15) is 11.7 Å². The van der Waals surface area contributed by atoms with Crippen LogP contribution in [-0.2, 0) is 4.79 Å². The van der Waals surface area contributed by atoms with Gasteiger partial charge in [0.15, 0.2) is 6.23 Å². The quantitative estimate of drug-likeness (QED) is 0.451. The highest BCUT2D eigenvalue weighted by molar-refractivity contribution is 5.99. The van der Waals surface area contributed by atoms with Gasteiger partial charge in [0, 0.05) is 11.5 Å². The van der Waals surface area contributed by atoms with E-state index >= 15 is 0 Å². The molecule has 25 heavy (non-hydrogen) atoms. The van der Waals surface area contributed by atoms with E-state index in [0.717, 1.165) is 0 Å². The van der Waals surface area contributed by atoms with Crippen molar-refractivity contribution in [3.8, 4) is 11.6 Å². The number of hydrogen-bond acceptors (Lipinski definition) is 6. The summed E-state index contributed by atoms with van der Waals surface area (Å²) >= 11 is 0. The molecule has 128 valence electrons. The van der Waals surface area contributed by atoms with Crippen molar-refractivity contribution in [1.29, 1.82) is 0 Å². The zero-order valence-corrected chi connectivity index (χ0v) is 12.5. The summed E-state index contributed by atoms with van der Waals surface area (Å²) < 4.78 is 5.67. The number of carbonyl (C=O) groups is 2. The van der Waals surface area contributed by atoms with Crippen molar-refractivity contribution in [3.63, 3.8) is 0 Å². The minimum atomic E-state index is -1.02. The Morgan fingerprint density at radius 2 is 1.80 bits per heavy atom. The summed E-state index contributed by atoms with van der Waals surface area (Å²) in [7, 11) is 0. The molecule has 0 spiro atoms. The van der Waals surface area contributed by atoms with Crippen LogP contribution in [0.1, 0.15) is 17.0 Å². The van der Waals surface area contributed by atoms with Crippen LogP contribution in [0.3, 0.4) is 0 Å². The molecule has 10 heteroatoms. The topological polar surface area (TPSA) is 153 Å². The van der Waals surface area contributed by atoms with Crippen molar-refractivity contribution in [1.82, 2.24) is 20.6 Å².